The van der Waals surface area contributed by atoms with Gasteiger partial charge >= 0.3 is 0 Å². The number of tetrazole rings is 1. The number of ether oxygens (including phenoxy) is 1. The highest BCUT2D eigenvalue weighted by Crippen LogP contribution is 2.18. The van der Waals surface area contributed by atoms with Crippen molar-refractivity contribution >= 4 is 5.78 Å². The molecule has 1 aromatic heterocycles. The van der Waals surface area contributed by atoms with Gasteiger partial charge in [-0.3, -0.25) is 4.79 Å². The lowest BCUT2D eigenvalue weighted by molar-refractivity contribution is -0.117. The molecule has 1 heterocycles. The van der Waals surface area contributed by atoms with Crippen LogP contribution >= 0.6 is 0 Å². The van der Waals surface area contributed by atoms with Crippen molar-refractivity contribution < 1.29 is 9.53 Å². The van der Waals surface area contributed by atoms with E-state index in [1.165, 1.54) is 4.80 Å². The predicted octanol–water partition coefficient (Wildman–Crippen LogP) is 0.573. The third kappa shape index (κ3) is 2.91. The summed E-state index contributed by atoms with van der Waals surface area (Å²) in [6.07, 6.45) is 0.494. The van der Waals surface area contributed by atoms with Crippen LogP contribution < -0.4 is 4.74 Å². The first-order valence-corrected chi connectivity index (χ1v) is 5.55. The number of rotatable bonds is 5. The number of aryl methyl sites for hydroxylation is 1. The Morgan fingerprint density at radius 2 is 2.11 bits per heavy atom. The SMILES string of the molecule is COc1ccccc1CC(=O)Cc1nnn(C)n1. The highest BCUT2D eigenvalue weighted by atomic mass is 16.5. The van der Waals surface area contributed by atoms with Crippen molar-refractivity contribution in [1.29, 1.82) is 0 Å². The molecular weight excluding hydrogens is 232 g/mol. The van der Waals surface area contributed by atoms with Crippen molar-refractivity contribution in [3.63, 3.8) is 0 Å². The molecule has 0 aliphatic heterocycles. The van der Waals surface area contributed by atoms with E-state index in [1.54, 1.807) is 14.2 Å². The maximum Gasteiger partial charge on any atom is 0.182 e. The zero-order valence-electron chi connectivity index (χ0n) is 10.3. The number of Topliss-reactive ketones (excluding diaryl/α,β-unsaturated/α-hetero) is 1. The van der Waals surface area contributed by atoms with Crippen molar-refractivity contribution in [2.75, 3.05) is 7.11 Å². The van der Waals surface area contributed by atoms with E-state index in [0.29, 0.717) is 12.2 Å². The zero-order chi connectivity index (χ0) is 13.0. The van der Waals surface area contributed by atoms with Crippen LogP contribution in [0.1, 0.15) is 11.4 Å². The van der Waals surface area contributed by atoms with Crippen LogP contribution in [0.5, 0.6) is 5.75 Å². The average molecular weight is 246 g/mol. The first-order valence-electron chi connectivity index (χ1n) is 5.55. The van der Waals surface area contributed by atoms with Gasteiger partial charge in [-0.1, -0.05) is 18.2 Å². The molecule has 0 bridgehead atoms. The molecule has 2 rings (SSSR count). The maximum atomic E-state index is 11.9. The Kier molecular flexibility index (Phi) is 3.66. The average Bonchev–Trinajstić information content (AvgIpc) is 2.75. The van der Waals surface area contributed by atoms with Crippen molar-refractivity contribution in [2.24, 2.45) is 7.05 Å². The molecular formula is C12H14N4O2. The highest BCUT2D eigenvalue weighted by molar-refractivity contribution is 5.83. The molecule has 0 aliphatic carbocycles. The fourth-order valence-corrected chi connectivity index (χ4v) is 1.69. The van der Waals surface area contributed by atoms with Crippen LogP contribution in [-0.2, 0) is 24.7 Å². The smallest absolute Gasteiger partial charge is 0.182 e. The second kappa shape index (κ2) is 5.39. The normalized spacial score (nSPS) is 10.3. The minimum absolute atomic E-state index is 0.0347. The largest absolute Gasteiger partial charge is 0.496 e. The molecule has 94 valence electrons. The van der Waals surface area contributed by atoms with Gasteiger partial charge in [0.25, 0.3) is 0 Å². The number of benzene rings is 1. The van der Waals surface area contributed by atoms with Crippen LogP contribution in [0.3, 0.4) is 0 Å². The lowest BCUT2D eigenvalue weighted by atomic mass is 10.1. The number of methoxy groups -OCH3 is 1. The van der Waals surface area contributed by atoms with Crippen LogP contribution in [0.4, 0.5) is 0 Å². The van der Waals surface area contributed by atoms with E-state index in [1.807, 2.05) is 24.3 Å². The Morgan fingerprint density at radius 1 is 1.33 bits per heavy atom. The van der Waals surface area contributed by atoms with E-state index in [9.17, 15) is 4.79 Å². The summed E-state index contributed by atoms with van der Waals surface area (Å²) >= 11 is 0. The molecule has 0 atom stereocenters. The van der Waals surface area contributed by atoms with Crippen molar-refractivity contribution in [2.45, 2.75) is 12.8 Å². The molecule has 0 saturated carbocycles. The fourth-order valence-electron chi connectivity index (χ4n) is 1.69. The summed E-state index contributed by atoms with van der Waals surface area (Å²) in [6, 6.07) is 7.47. The molecule has 0 saturated heterocycles. The molecule has 0 spiro atoms. The van der Waals surface area contributed by atoms with E-state index in [4.69, 9.17) is 4.74 Å². The quantitative estimate of drug-likeness (QED) is 0.771. The highest BCUT2D eigenvalue weighted by Gasteiger charge is 2.11. The molecule has 0 aliphatic rings. The third-order valence-corrected chi connectivity index (χ3v) is 2.49. The standard InChI is InChI=1S/C12H14N4O2/c1-16-14-12(13-15-16)8-10(17)7-9-5-3-4-6-11(9)18-2/h3-6H,7-8H2,1-2H3. The lowest BCUT2D eigenvalue weighted by Crippen LogP contribution is -2.09. The first-order chi connectivity index (χ1) is 8.69. The van der Waals surface area contributed by atoms with Gasteiger partial charge in [-0.15, -0.1) is 10.2 Å². The maximum absolute atomic E-state index is 11.9. The van der Waals surface area contributed by atoms with Crippen molar-refractivity contribution in [1.82, 2.24) is 20.2 Å². The molecule has 2 aromatic rings. The number of carbonyl (C=O) groups excluding carboxylic acids is 1. The van der Waals surface area contributed by atoms with E-state index in [0.717, 1.165) is 11.3 Å². The van der Waals surface area contributed by atoms with E-state index >= 15 is 0 Å². The Balaban J connectivity index is 2.03. The summed E-state index contributed by atoms with van der Waals surface area (Å²) in [5.41, 5.74) is 0.869. The fraction of sp³-hybridized carbons (Fsp3) is 0.333. The first kappa shape index (κ1) is 12.2. The number of nitrogens with zero attached hydrogens (tertiary/aromatic N) is 4. The van der Waals surface area contributed by atoms with E-state index < -0.39 is 0 Å². The molecule has 6 nitrogen and oxygen atoms in total. The van der Waals surface area contributed by atoms with E-state index in [2.05, 4.69) is 15.4 Å². The second-order valence-electron chi connectivity index (χ2n) is 3.90. The van der Waals surface area contributed by atoms with Crippen LogP contribution in [0, 0.1) is 0 Å². The van der Waals surface area contributed by atoms with Gasteiger partial charge in [0.1, 0.15) is 11.5 Å². The lowest BCUT2D eigenvalue weighted by Gasteiger charge is -2.06. The summed E-state index contributed by atoms with van der Waals surface area (Å²) in [5, 5.41) is 11.5. The number of hydrogen-bond donors (Lipinski definition) is 0. The molecule has 0 amide bonds. The Labute approximate surface area is 105 Å². The van der Waals surface area contributed by atoms with Crippen molar-refractivity contribution in [3.05, 3.63) is 35.7 Å². The summed E-state index contributed by atoms with van der Waals surface area (Å²) < 4.78 is 5.20. The van der Waals surface area contributed by atoms with Crippen molar-refractivity contribution in [3.8, 4) is 5.75 Å². The monoisotopic (exact) mass is 246 g/mol. The molecule has 1 aromatic carbocycles. The van der Waals surface area contributed by atoms with Gasteiger partial charge in [-0.2, -0.15) is 4.80 Å². The summed E-state index contributed by atoms with van der Waals surface area (Å²) in [5.74, 6) is 1.20. The van der Waals surface area contributed by atoms with Crippen LogP contribution in [-0.4, -0.2) is 33.1 Å². The number of carbonyl (C=O) groups is 1. The van der Waals surface area contributed by atoms with Gasteiger partial charge in [-0.25, -0.2) is 0 Å². The van der Waals surface area contributed by atoms with Gasteiger partial charge in [0, 0.05) is 12.0 Å². The van der Waals surface area contributed by atoms with E-state index in [-0.39, 0.29) is 12.2 Å². The summed E-state index contributed by atoms with van der Waals surface area (Å²) in [6.45, 7) is 0. The van der Waals surface area contributed by atoms with Gasteiger partial charge in [-0.05, 0) is 11.3 Å². The molecule has 0 unspecified atom stereocenters. The Bertz CT molecular complexity index is 551. The number of hydrogen-bond acceptors (Lipinski definition) is 5. The van der Waals surface area contributed by atoms with Gasteiger partial charge in [0.2, 0.25) is 0 Å². The topological polar surface area (TPSA) is 69.9 Å². The molecule has 6 heteroatoms. The van der Waals surface area contributed by atoms with Gasteiger partial charge in [0.05, 0.1) is 20.6 Å². The van der Waals surface area contributed by atoms with Gasteiger partial charge < -0.3 is 4.74 Å². The van der Waals surface area contributed by atoms with Crippen LogP contribution in [0.2, 0.25) is 0 Å². The molecule has 0 fully saturated rings. The summed E-state index contributed by atoms with van der Waals surface area (Å²) in [7, 11) is 3.26. The summed E-state index contributed by atoms with van der Waals surface area (Å²) in [4.78, 5) is 13.2. The number of para-hydroxylation sites is 1. The van der Waals surface area contributed by atoms with Crippen LogP contribution in [0.15, 0.2) is 24.3 Å². The Morgan fingerprint density at radius 3 is 2.78 bits per heavy atom. The van der Waals surface area contributed by atoms with Gasteiger partial charge in [0.15, 0.2) is 5.82 Å². The number of ketones is 1. The third-order valence-electron chi connectivity index (χ3n) is 2.49. The number of aromatic nitrogens is 4. The minimum Gasteiger partial charge on any atom is -0.496 e. The molecule has 0 N–H and O–H groups in total. The zero-order valence-corrected chi connectivity index (χ0v) is 10.3. The van der Waals surface area contributed by atoms with Crippen LogP contribution in [0.25, 0.3) is 0 Å². The Hall–Kier alpha value is -2.24. The molecule has 0 radical (unpaired) electrons. The molecule has 18 heavy (non-hydrogen) atoms. The predicted molar refractivity (Wildman–Crippen MR) is 64.2 cm³/mol. The minimum atomic E-state index is 0.0347. The second-order valence-corrected chi connectivity index (χ2v) is 3.90.